The van der Waals surface area contributed by atoms with Crippen LogP contribution in [-0.4, -0.2) is 38.3 Å². The largest absolute Gasteiger partial charge is 0.288 e. The van der Waals surface area contributed by atoms with Gasteiger partial charge in [-0.2, -0.15) is 0 Å². The van der Waals surface area contributed by atoms with Crippen LogP contribution in [0.3, 0.4) is 0 Å². The molecule has 0 spiro atoms. The molecule has 0 saturated heterocycles. The summed E-state index contributed by atoms with van der Waals surface area (Å²) in [5.41, 5.74) is 1.01. The van der Waals surface area contributed by atoms with Crippen molar-refractivity contribution in [1.82, 2.24) is 5.32 Å². The monoisotopic (exact) mass is 420 g/mol. The second kappa shape index (κ2) is 5.83. The van der Waals surface area contributed by atoms with Gasteiger partial charge in [-0.3, -0.25) is 24.5 Å². The highest BCUT2D eigenvalue weighted by molar-refractivity contribution is 7.90. The minimum Gasteiger partial charge on any atom is -0.288 e. The lowest BCUT2D eigenvalue weighted by atomic mass is 9.86. The number of hydrogen-bond acceptors (Lipinski definition) is 6. The normalized spacial score (nSPS) is 15.6. The van der Waals surface area contributed by atoms with Gasteiger partial charge in [-0.05, 0) is 48.5 Å². The van der Waals surface area contributed by atoms with Crippen LogP contribution in [0, 0.1) is 0 Å². The first-order chi connectivity index (χ1) is 14.2. The summed E-state index contributed by atoms with van der Waals surface area (Å²) < 4.78 is 23.4. The molecule has 0 aromatic heterocycles. The number of nitrogens with zero attached hydrogens (tertiary/aromatic N) is 1. The molecule has 8 nitrogen and oxygen atoms in total. The maximum Gasteiger partial charge on any atom is 0.265 e. The fourth-order valence-electron chi connectivity index (χ4n) is 3.88. The molecule has 1 N–H and O–H groups in total. The predicted molar refractivity (Wildman–Crippen MR) is 106 cm³/mol. The average Bonchev–Trinajstić information content (AvgIpc) is 2.70. The lowest BCUT2D eigenvalue weighted by molar-refractivity contribution is 0.0837. The van der Waals surface area contributed by atoms with Gasteiger partial charge in [0.1, 0.15) is 0 Å². The zero-order valence-corrected chi connectivity index (χ0v) is 16.2. The first-order valence-electron chi connectivity index (χ1n) is 8.83. The highest BCUT2D eigenvalue weighted by Gasteiger charge is 2.37. The van der Waals surface area contributed by atoms with Gasteiger partial charge in [-0.15, -0.1) is 0 Å². The Morgan fingerprint density at radius 2 is 1.10 bits per heavy atom. The van der Waals surface area contributed by atoms with Crippen molar-refractivity contribution in [1.29, 1.82) is 0 Å². The minimum absolute atomic E-state index is 0.0617. The van der Waals surface area contributed by atoms with Crippen LogP contribution in [0.15, 0.2) is 53.4 Å². The van der Waals surface area contributed by atoms with Crippen LogP contribution in [0.4, 0.5) is 5.69 Å². The molecule has 4 amide bonds. The van der Waals surface area contributed by atoms with Crippen molar-refractivity contribution in [2.45, 2.75) is 4.90 Å². The quantitative estimate of drug-likeness (QED) is 0.633. The molecule has 2 heterocycles. The molecule has 0 unspecified atom stereocenters. The molecule has 30 heavy (non-hydrogen) atoms. The van der Waals surface area contributed by atoms with Crippen LogP contribution in [0.25, 0.3) is 10.8 Å². The van der Waals surface area contributed by atoms with E-state index in [1.54, 1.807) is 0 Å². The Kier molecular flexibility index (Phi) is 3.54. The Morgan fingerprint density at radius 3 is 1.57 bits per heavy atom. The molecule has 5 rings (SSSR count). The molecule has 2 aliphatic heterocycles. The summed E-state index contributed by atoms with van der Waals surface area (Å²) in [7, 11) is -3.43. The molecule has 0 saturated carbocycles. The van der Waals surface area contributed by atoms with Crippen molar-refractivity contribution in [3.8, 4) is 0 Å². The Morgan fingerprint density at radius 1 is 0.667 bits per heavy atom. The third kappa shape index (κ3) is 2.35. The Balaban J connectivity index is 1.73. The molecular weight excluding hydrogens is 408 g/mol. The van der Waals surface area contributed by atoms with Crippen LogP contribution in [0.5, 0.6) is 0 Å². The van der Waals surface area contributed by atoms with Gasteiger partial charge in [0.2, 0.25) is 0 Å². The van der Waals surface area contributed by atoms with E-state index in [4.69, 9.17) is 0 Å². The number of rotatable bonds is 2. The minimum atomic E-state index is -3.43. The van der Waals surface area contributed by atoms with E-state index in [-0.39, 0.29) is 43.6 Å². The van der Waals surface area contributed by atoms with E-state index < -0.39 is 33.5 Å². The van der Waals surface area contributed by atoms with E-state index in [0.29, 0.717) is 0 Å². The Hall–Kier alpha value is -3.85. The number of hydrogen-bond donors (Lipinski definition) is 1. The molecular formula is C21H12N2O6S. The smallest absolute Gasteiger partial charge is 0.265 e. The van der Waals surface area contributed by atoms with Crippen molar-refractivity contribution >= 4 is 49.9 Å². The average molecular weight is 420 g/mol. The number of amides is 4. The Labute approximate surface area is 170 Å². The first-order valence-corrected chi connectivity index (χ1v) is 10.7. The zero-order valence-electron chi connectivity index (χ0n) is 15.4. The molecule has 0 bridgehead atoms. The van der Waals surface area contributed by atoms with E-state index >= 15 is 0 Å². The number of imide groups is 2. The molecule has 0 radical (unpaired) electrons. The lowest BCUT2D eigenvalue weighted by Gasteiger charge is -2.29. The van der Waals surface area contributed by atoms with Crippen LogP contribution in [-0.2, 0) is 9.84 Å². The molecule has 2 aliphatic rings. The molecule has 0 atom stereocenters. The molecule has 3 aromatic carbocycles. The first kappa shape index (κ1) is 18.2. The van der Waals surface area contributed by atoms with Crippen molar-refractivity contribution < 1.29 is 27.6 Å². The number of nitrogens with one attached hydrogen (secondary N) is 1. The highest BCUT2D eigenvalue weighted by Crippen LogP contribution is 2.37. The number of carbonyl (C=O) groups excluding carboxylic acids is 4. The van der Waals surface area contributed by atoms with E-state index in [0.717, 1.165) is 11.2 Å². The zero-order chi connectivity index (χ0) is 21.4. The summed E-state index contributed by atoms with van der Waals surface area (Å²) in [5.74, 6) is -2.42. The predicted octanol–water partition coefficient (Wildman–Crippen LogP) is 1.93. The molecule has 0 aliphatic carbocycles. The summed E-state index contributed by atoms with van der Waals surface area (Å²) in [6, 6.07) is 11.2. The third-order valence-corrected chi connectivity index (χ3v) is 6.40. The fraction of sp³-hybridized carbons (Fsp3) is 0.0476. The van der Waals surface area contributed by atoms with E-state index in [2.05, 4.69) is 5.32 Å². The highest BCUT2D eigenvalue weighted by atomic mass is 32.2. The number of anilines is 1. The topological polar surface area (TPSA) is 118 Å². The van der Waals surface area contributed by atoms with E-state index in [1.807, 2.05) is 0 Å². The standard InChI is InChI=1S/C21H12N2O6S/c1-30(28,29)11-4-2-10(3-5-11)23-20(26)14-8-6-12-16-13(19(25)22-18(12)24)7-9-15(17(14)16)21(23)27/h2-9H,1H3,(H,22,24,25). The maximum absolute atomic E-state index is 13.2. The van der Waals surface area contributed by atoms with E-state index in [9.17, 15) is 27.6 Å². The SMILES string of the molecule is CS(=O)(=O)c1ccc(N2C(=O)c3ccc4c5c(ccc(c35)C2=O)C(=O)NC4=O)cc1. The molecule has 3 aromatic rings. The Bertz CT molecular complexity index is 1390. The van der Waals surface area contributed by atoms with Crippen LogP contribution in [0.1, 0.15) is 41.4 Å². The van der Waals surface area contributed by atoms with Crippen LogP contribution in [0.2, 0.25) is 0 Å². The number of carbonyl (C=O) groups is 4. The lowest BCUT2D eigenvalue weighted by Crippen LogP contribution is -2.42. The van der Waals surface area contributed by atoms with Gasteiger partial charge >= 0.3 is 0 Å². The van der Waals surface area contributed by atoms with Crippen molar-refractivity contribution in [3.05, 3.63) is 70.8 Å². The van der Waals surface area contributed by atoms with Crippen molar-refractivity contribution in [2.75, 3.05) is 11.2 Å². The van der Waals surface area contributed by atoms with Gasteiger partial charge in [-0.25, -0.2) is 13.3 Å². The summed E-state index contributed by atoms with van der Waals surface area (Å²) in [5, 5.41) is 2.79. The van der Waals surface area contributed by atoms with Gasteiger partial charge in [-0.1, -0.05) is 0 Å². The van der Waals surface area contributed by atoms with Crippen LogP contribution < -0.4 is 10.2 Å². The third-order valence-electron chi connectivity index (χ3n) is 5.27. The van der Waals surface area contributed by atoms with Crippen molar-refractivity contribution in [2.24, 2.45) is 0 Å². The second-order valence-corrected chi connectivity index (χ2v) is 9.08. The number of sulfone groups is 1. The molecule has 9 heteroatoms. The van der Waals surface area contributed by atoms with Crippen molar-refractivity contribution in [3.63, 3.8) is 0 Å². The van der Waals surface area contributed by atoms with Crippen LogP contribution >= 0.6 is 0 Å². The van der Waals surface area contributed by atoms with Gasteiger partial charge < -0.3 is 0 Å². The van der Waals surface area contributed by atoms with Gasteiger partial charge in [0.15, 0.2) is 9.84 Å². The summed E-state index contributed by atoms with van der Waals surface area (Å²) in [6.45, 7) is 0. The summed E-state index contributed by atoms with van der Waals surface area (Å²) in [4.78, 5) is 51.8. The summed E-state index contributed by atoms with van der Waals surface area (Å²) in [6.07, 6.45) is 1.06. The maximum atomic E-state index is 13.2. The summed E-state index contributed by atoms with van der Waals surface area (Å²) >= 11 is 0. The molecule has 0 fully saturated rings. The second-order valence-electron chi connectivity index (χ2n) is 7.07. The fourth-order valence-corrected chi connectivity index (χ4v) is 4.51. The van der Waals surface area contributed by atoms with Gasteiger partial charge in [0.25, 0.3) is 23.6 Å². The number of benzene rings is 3. The van der Waals surface area contributed by atoms with Gasteiger partial charge in [0, 0.05) is 39.3 Å². The van der Waals surface area contributed by atoms with E-state index in [1.165, 1.54) is 48.5 Å². The molecule has 148 valence electrons. The van der Waals surface area contributed by atoms with Gasteiger partial charge in [0.05, 0.1) is 10.6 Å².